The number of aryl methyl sites for hydroxylation is 2. The Morgan fingerprint density at radius 3 is 2.76 bits per heavy atom. The van der Waals surface area contributed by atoms with E-state index in [-0.39, 0.29) is 11.2 Å². The van der Waals surface area contributed by atoms with Crippen molar-refractivity contribution in [3.8, 4) is 0 Å². The smallest absolute Gasteiger partial charge is 0.280 e. The van der Waals surface area contributed by atoms with E-state index in [1.807, 2.05) is 30.3 Å². The normalized spacial score (nSPS) is 13.7. The summed E-state index contributed by atoms with van der Waals surface area (Å²) in [6, 6.07) is 9.85. The van der Waals surface area contributed by atoms with Crippen LogP contribution in [0.25, 0.3) is 10.2 Å². The molecule has 106 valence electrons. The van der Waals surface area contributed by atoms with Gasteiger partial charge in [-0.05, 0) is 30.4 Å². The largest absolute Gasteiger partial charge is 0.329 e. The summed E-state index contributed by atoms with van der Waals surface area (Å²) in [6.45, 7) is 0.492. The first kappa shape index (κ1) is 12.6. The van der Waals surface area contributed by atoms with Crippen LogP contribution in [0.2, 0.25) is 0 Å². The van der Waals surface area contributed by atoms with Crippen LogP contribution in [0.15, 0.2) is 39.9 Å². The summed E-state index contributed by atoms with van der Waals surface area (Å²) in [7, 11) is 0. The third-order valence-corrected chi connectivity index (χ3v) is 5.34. The molecule has 0 aliphatic heterocycles. The number of aromatic nitrogens is 2. The van der Waals surface area contributed by atoms with Gasteiger partial charge in [0.15, 0.2) is 0 Å². The zero-order chi connectivity index (χ0) is 14.4. The average molecular weight is 298 g/mol. The molecule has 1 aliphatic rings. The molecule has 0 amide bonds. The van der Waals surface area contributed by atoms with E-state index >= 15 is 0 Å². The van der Waals surface area contributed by atoms with Crippen LogP contribution in [0.3, 0.4) is 0 Å². The zero-order valence-electron chi connectivity index (χ0n) is 11.4. The van der Waals surface area contributed by atoms with Crippen molar-refractivity contribution in [1.82, 2.24) is 9.55 Å². The Bertz CT molecular complexity index is 935. The quantitative estimate of drug-likeness (QED) is 0.789. The number of rotatable bonds is 2. The van der Waals surface area contributed by atoms with Gasteiger partial charge in [0.25, 0.3) is 5.56 Å². The van der Waals surface area contributed by atoms with E-state index in [0.717, 1.165) is 40.6 Å². The molecule has 1 aliphatic carbocycles. The van der Waals surface area contributed by atoms with Gasteiger partial charge in [0, 0.05) is 4.88 Å². The van der Waals surface area contributed by atoms with Gasteiger partial charge in [0.1, 0.15) is 4.83 Å². The van der Waals surface area contributed by atoms with E-state index < -0.39 is 0 Å². The predicted molar refractivity (Wildman–Crippen MR) is 84.3 cm³/mol. The molecule has 0 saturated carbocycles. The van der Waals surface area contributed by atoms with Crippen molar-refractivity contribution < 1.29 is 0 Å². The monoisotopic (exact) mass is 298 g/mol. The number of hydrogen-bond acceptors (Lipinski definition) is 3. The van der Waals surface area contributed by atoms with Crippen molar-refractivity contribution in [3.05, 3.63) is 67.2 Å². The molecule has 0 fully saturated rings. The highest BCUT2D eigenvalue weighted by Crippen LogP contribution is 2.34. The van der Waals surface area contributed by atoms with Crippen molar-refractivity contribution in [1.29, 1.82) is 0 Å². The molecule has 0 spiro atoms. The number of benzene rings is 1. The van der Waals surface area contributed by atoms with Crippen LogP contribution in [0, 0.1) is 0 Å². The van der Waals surface area contributed by atoms with Gasteiger partial charge >= 0.3 is 5.69 Å². The summed E-state index contributed by atoms with van der Waals surface area (Å²) < 4.78 is 1.69. The molecule has 2 heterocycles. The first-order chi connectivity index (χ1) is 10.2. The van der Waals surface area contributed by atoms with E-state index in [4.69, 9.17) is 0 Å². The van der Waals surface area contributed by atoms with Crippen LogP contribution in [-0.2, 0) is 19.4 Å². The number of fused-ring (bicyclic) bond motifs is 3. The van der Waals surface area contributed by atoms with E-state index in [1.54, 1.807) is 15.9 Å². The van der Waals surface area contributed by atoms with Gasteiger partial charge in [-0.15, -0.1) is 11.3 Å². The molecule has 0 atom stereocenters. The molecular formula is C16H14N2O2S. The van der Waals surface area contributed by atoms with Gasteiger partial charge in [-0.2, -0.15) is 0 Å². The standard InChI is InChI=1S/C16H14N2O2S/c19-14-13-11-7-4-8-12(11)21-15(13)18(16(20)17-14)9-10-5-2-1-3-6-10/h1-3,5-6H,4,7-9H2,(H,17,19,20). The Kier molecular flexibility index (Phi) is 2.82. The Labute approximate surface area is 124 Å². The molecule has 3 aromatic rings. The van der Waals surface area contributed by atoms with Crippen molar-refractivity contribution in [3.63, 3.8) is 0 Å². The summed E-state index contributed by atoms with van der Waals surface area (Å²) in [5.41, 5.74) is 1.65. The maximum absolute atomic E-state index is 12.2. The number of H-pyrrole nitrogens is 1. The van der Waals surface area contributed by atoms with E-state index in [1.165, 1.54) is 4.88 Å². The summed E-state index contributed by atoms with van der Waals surface area (Å²) in [5.74, 6) is 0. The molecule has 4 rings (SSSR count). The summed E-state index contributed by atoms with van der Waals surface area (Å²) >= 11 is 1.60. The van der Waals surface area contributed by atoms with Crippen LogP contribution in [-0.4, -0.2) is 9.55 Å². The minimum atomic E-state index is -0.323. The Balaban J connectivity index is 1.97. The molecule has 0 saturated heterocycles. The third kappa shape index (κ3) is 1.96. The first-order valence-electron chi connectivity index (χ1n) is 7.05. The van der Waals surface area contributed by atoms with Crippen molar-refractivity contribution >= 4 is 21.6 Å². The molecule has 5 heteroatoms. The minimum absolute atomic E-state index is 0.237. The fourth-order valence-electron chi connectivity index (χ4n) is 3.04. The Morgan fingerprint density at radius 2 is 1.95 bits per heavy atom. The van der Waals surface area contributed by atoms with Crippen LogP contribution in [0.4, 0.5) is 0 Å². The molecular weight excluding hydrogens is 284 g/mol. The highest BCUT2D eigenvalue weighted by atomic mass is 32.1. The number of nitrogens with zero attached hydrogens (tertiary/aromatic N) is 1. The fraction of sp³-hybridized carbons (Fsp3) is 0.250. The van der Waals surface area contributed by atoms with Gasteiger partial charge in [-0.1, -0.05) is 30.3 Å². The number of nitrogens with one attached hydrogen (secondary N) is 1. The molecule has 4 nitrogen and oxygen atoms in total. The van der Waals surface area contributed by atoms with Gasteiger partial charge in [0.2, 0.25) is 0 Å². The first-order valence-corrected chi connectivity index (χ1v) is 7.87. The lowest BCUT2D eigenvalue weighted by atomic mass is 10.2. The average Bonchev–Trinajstić information content (AvgIpc) is 3.04. The highest BCUT2D eigenvalue weighted by Gasteiger charge is 2.22. The zero-order valence-corrected chi connectivity index (χ0v) is 12.2. The second-order valence-electron chi connectivity index (χ2n) is 5.37. The molecule has 0 unspecified atom stereocenters. The lowest BCUT2D eigenvalue weighted by molar-refractivity contribution is 0.761. The second kappa shape index (κ2) is 4.70. The second-order valence-corrected chi connectivity index (χ2v) is 6.45. The molecule has 0 bridgehead atoms. The molecule has 21 heavy (non-hydrogen) atoms. The van der Waals surface area contributed by atoms with Crippen LogP contribution >= 0.6 is 11.3 Å². The van der Waals surface area contributed by atoms with E-state index in [2.05, 4.69) is 4.98 Å². The highest BCUT2D eigenvalue weighted by molar-refractivity contribution is 7.18. The Hall–Kier alpha value is -2.14. The van der Waals surface area contributed by atoms with Gasteiger partial charge < -0.3 is 0 Å². The SMILES string of the molecule is O=c1[nH]c(=O)n(Cc2ccccc2)c2sc3c(c12)CCC3. The third-order valence-electron chi connectivity index (χ3n) is 4.02. The van der Waals surface area contributed by atoms with Gasteiger partial charge in [0.05, 0.1) is 11.9 Å². The topological polar surface area (TPSA) is 54.9 Å². The molecule has 2 aromatic heterocycles. The maximum Gasteiger partial charge on any atom is 0.329 e. The summed E-state index contributed by atoms with van der Waals surface area (Å²) in [6.07, 6.45) is 3.07. The summed E-state index contributed by atoms with van der Waals surface area (Å²) in [4.78, 5) is 28.9. The van der Waals surface area contributed by atoms with Crippen molar-refractivity contribution in [2.24, 2.45) is 0 Å². The summed E-state index contributed by atoms with van der Waals surface area (Å²) in [5, 5.41) is 0.725. The van der Waals surface area contributed by atoms with Crippen molar-refractivity contribution in [2.45, 2.75) is 25.8 Å². The lowest BCUT2D eigenvalue weighted by Gasteiger charge is -2.07. The maximum atomic E-state index is 12.2. The lowest BCUT2D eigenvalue weighted by Crippen LogP contribution is -2.30. The van der Waals surface area contributed by atoms with Crippen LogP contribution < -0.4 is 11.2 Å². The fourth-order valence-corrected chi connectivity index (χ4v) is 4.43. The van der Waals surface area contributed by atoms with E-state index in [0.29, 0.717) is 6.54 Å². The molecule has 1 aromatic carbocycles. The predicted octanol–water partition coefficient (Wildman–Crippen LogP) is 2.29. The van der Waals surface area contributed by atoms with Crippen LogP contribution in [0.1, 0.15) is 22.4 Å². The van der Waals surface area contributed by atoms with Crippen LogP contribution in [0.5, 0.6) is 0 Å². The molecule has 1 N–H and O–H groups in total. The minimum Gasteiger partial charge on any atom is -0.280 e. The molecule has 0 radical (unpaired) electrons. The Morgan fingerprint density at radius 1 is 1.14 bits per heavy atom. The number of thiophene rings is 1. The number of hydrogen-bond donors (Lipinski definition) is 1. The van der Waals surface area contributed by atoms with Gasteiger partial charge in [-0.3, -0.25) is 14.3 Å². The number of aromatic amines is 1. The van der Waals surface area contributed by atoms with E-state index in [9.17, 15) is 9.59 Å². The van der Waals surface area contributed by atoms with Crippen molar-refractivity contribution in [2.75, 3.05) is 0 Å². The van der Waals surface area contributed by atoms with Gasteiger partial charge in [-0.25, -0.2) is 4.79 Å².